The van der Waals surface area contributed by atoms with Crippen LogP contribution in [0.15, 0.2) is 63.5 Å². The van der Waals surface area contributed by atoms with Crippen LogP contribution in [0.2, 0.25) is 0 Å². The van der Waals surface area contributed by atoms with Crippen molar-refractivity contribution in [2.75, 3.05) is 5.32 Å². The zero-order valence-electron chi connectivity index (χ0n) is 14.9. The third kappa shape index (κ3) is 5.08. The highest BCUT2D eigenvalue weighted by atomic mass is 79.9. The van der Waals surface area contributed by atoms with Gasteiger partial charge in [-0.2, -0.15) is 0 Å². The molecule has 0 aliphatic rings. The minimum absolute atomic E-state index is 0.205. The van der Waals surface area contributed by atoms with Gasteiger partial charge in [0, 0.05) is 21.6 Å². The largest absolute Gasteiger partial charge is 0.459 e. The van der Waals surface area contributed by atoms with Crippen molar-refractivity contribution in [2.45, 2.75) is 20.0 Å². The molecule has 0 bridgehead atoms. The molecule has 5 nitrogen and oxygen atoms in total. The van der Waals surface area contributed by atoms with Gasteiger partial charge in [-0.05, 0) is 62.4 Å². The predicted octanol–water partition coefficient (Wildman–Crippen LogP) is 5.41. The van der Waals surface area contributed by atoms with Crippen LogP contribution in [-0.4, -0.2) is 18.0 Å². The molecule has 0 unspecified atom stereocenters. The first-order valence-corrected chi connectivity index (χ1v) is 9.19. The summed E-state index contributed by atoms with van der Waals surface area (Å²) in [5, 5.41) is 3.67. The molecule has 138 valence electrons. The molecule has 0 aliphatic carbocycles. The molecule has 1 aromatic heterocycles. The number of halogens is 1. The number of carbonyl (C=O) groups excluding carboxylic acids is 2. The summed E-state index contributed by atoms with van der Waals surface area (Å²) in [6, 6.07) is 14.2. The molecule has 0 aliphatic heterocycles. The van der Waals surface area contributed by atoms with Gasteiger partial charge in [-0.15, -0.1) is 0 Å². The highest BCUT2D eigenvalue weighted by molar-refractivity contribution is 9.10. The van der Waals surface area contributed by atoms with E-state index in [1.165, 1.54) is 6.08 Å². The van der Waals surface area contributed by atoms with Gasteiger partial charge < -0.3 is 14.5 Å². The molecule has 1 amide bonds. The Hall–Kier alpha value is -2.86. The number of nitrogens with one attached hydrogen (secondary N) is 1. The predicted molar refractivity (Wildman–Crippen MR) is 109 cm³/mol. The molecular weight excluding hydrogens is 410 g/mol. The Morgan fingerprint density at radius 2 is 1.96 bits per heavy atom. The topological polar surface area (TPSA) is 68.5 Å². The standard InChI is InChI=1S/C21H18BrNO4/c1-13(2)26-21(25)14-4-3-5-17(11-14)23-20(24)9-7-18-12-15-10-16(22)6-8-19(15)27-18/h3-13H,1-2H3,(H,23,24)/b9-7+. The molecule has 6 heteroatoms. The lowest BCUT2D eigenvalue weighted by molar-refractivity contribution is -0.111. The Kier molecular flexibility index (Phi) is 5.76. The van der Waals surface area contributed by atoms with E-state index in [-0.39, 0.29) is 12.0 Å². The normalized spacial score (nSPS) is 11.3. The van der Waals surface area contributed by atoms with Crippen molar-refractivity contribution in [3.05, 3.63) is 70.4 Å². The first-order valence-electron chi connectivity index (χ1n) is 8.40. The molecule has 0 atom stereocenters. The number of hydrogen-bond donors (Lipinski definition) is 1. The number of benzene rings is 2. The number of hydrogen-bond acceptors (Lipinski definition) is 4. The van der Waals surface area contributed by atoms with Crippen LogP contribution in [0.4, 0.5) is 5.69 Å². The van der Waals surface area contributed by atoms with Crippen LogP contribution in [0.1, 0.15) is 30.0 Å². The Morgan fingerprint density at radius 1 is 1.15 bits per heavy atom. The van der Waals surface area contributed by atoms with Gasteiger partial charge in [-0.3, -0.25) is 4.79 Å². The minimum atomic E-state index is -0.426. The second-order valence-corrected chi connectivity index (χ2v) is 7.10. The molecule has 0 saturated carbocycles. The van der Waals surface area contributed by atoms with E-state index in [1.54, 1.807) is 44.2 Å². The fraction of sp³-hybridized carbons (Fsp3) is 0.143. The summed E-state index contributed by atoms with van der Waals surface area (Å²) >= 11 is 3.41. The first-order chi connectivity index (χ1) is 12.9. The van der Waals surface area contributed by atoms with Crippen molar-refractivity contribution in [1.82, 2.24) is 0 Å². The summed E-state index contributed by atoms with van der Waals surface area (Å²) in [7, 11) is 0. The smallest absolute Gasteiger partial charge is 0.338 e. The van der Waals surface area contributed by atoms with Crippen LogP contribution in [0.3, 0.4) is 0 Å². The number of rotatable bonds is 5. The summed E-state index contributed by atoms with van der Waals surface area (Å²) in [5.74, 6) is -0.177. The van der Waals surface area contributed by atoms with E-state index in [9.17, 15) is 9.59 Å². The van der Waals surface area contributed by atoms with Gasteiger partial charge in [0.05, 0.1) is 11.7 Å². The average molecular weight is 428 g/mol. The first kappa shape index (κ1) is 18.9. The number of esters is 1. The number of furan rings is 1. The SMILES string of the molecule is CC(C)OC(=O)c1cccc(NC(=O)/C=C/c2cc3cc(Br)ccc3o2)c1. The third-order valence-corrected chi connectivity index (χ3v) is 4.10. The summed E-state index contributed by atoms with van der Waals surface area (Å²) in [6.45, 7) is 3.57. The molecule has 0 saturated heterocycles. The lowest BCUT2D eigenvalue weighted by Crippen LogP contribution is -2.13. The highest BCUT2D eigenvalue weighted by Gasteiger charge is 2.10. The van der Waals surface area contributed by atoms with Gasteiger partial charge in [0.15, 0.2) is 0 Å². The average Bonchev–Trinajstić information content (AvgIpc) is 3.01. The molecule has 1 N–H and O–H groups in total. The van der Waals surface area contributed by atoms with Crippen LogP contribution >= 0.6 is 15.9 Å². The van der Waals surface area contributed by atoms with Gasteiger partial charge in [-0.1, -0.05) is 22.0 Å². The quantitative estimate of drug-likeness (QED) is 0.436. The van der Waals surface area contributed by atoms with Crippen LogP contribution in [0.5, 0.6) is 0 Å². The zero-order valence-corrected chi connectivity index (χ0v) is 16.4. The maximum atomic E-state index is 12.2. The number of anilines is 1. The molecule has 3 rings (SSSR count). The van der Waals surface area contributed by atoms with Crippen molar-refractivity contribution in [2.24, 2.45) is 0 Å². The van der Waals surface area contributed by atoms with Crippen molar-refractivity contribution in [3.63, 3.8) is 0 Å². The van der Waals surface area contributed by atoms with Gasteiger partial charge >= 0.3 is 5.97 Å². The second kappa shape index (κ2) is 8.22. The summed E-state index contributed by atoms with van der Waals surface area (Å²) in [6.07, 6.45) is 2.77. The van der Waals surface area contributed by atoms with Gasteiger partial charge in [0.25, 0.3) is 0 Å². The Labute approximate surface area is 165 Å². The molecule has 0 radical (unpaired) electrons. The van der Waals surface area contributed by atoms with Gasteiger partial charge in [0.1, 0.15) is 11.3 Å². The summed E-state index contributed by atoms with van der Waals surface area (Å²) in [4.78, 5) is 24.1. The van der Waals surface area contributed by atoms with Crippen LogP contribution < -0.4 is 5.32 Å². The van der Waals surface area contributed by atoms with E-state index >= 15 is 0 Å². The Morgan fingerprint density at radius 3 is 2.74 bits per heavy atom. The van der Waals surface area contributed by atoms with E-state index in [0.29, 0.717) is 17.0 Å². The Bertz CT molecular complexity index is 1020. The molecule has 0 fully saturated rings. The summed E-state index contributed by atoms with van der Waals surface area (Å²) < 4.78 is 11.8. The van der Waals surface area contributed by atoms with Crippen molar-refractivity contribution < 1.29 is 18.7 Å². The number of carbonyl (C=O) groups is 2. The zero-order chi connectivity index (χ0) is 19.4. The Balaban J connectivity index is 1.67. The van der Waals surface area contributed by atoms with Crippen molar-refractivity contribution in [1.29, 1.82) is 0 Å². The maximum Gasteiger partial charge on any atom is 0.338 e. The molecular formula is C21H18BrNO4. The molecule has 2 aromatic carbocycles. The second-order valence-electron chi connectivity index (χ2n) is 6.19. The maximum absolute atomic E-state index is 12.2. The third-order valence-electron chi connectivity index (χ3n) is 3.60. The number of ether oxygens (including phenoxy) is 1. The fourth-order valence-corrected chi connectivity index (χ4v) is 2.84. The van der Waals surface area contributed by atoms with E-state index in [0.717, 1.165) is 15.4 Å². The molecule has 0 spiro atoms. The lowest BCUT2D eigenvalue weighted by atomic mass is 10.2. The molecule has 27 heavy (non-hydrogen) atoms. The van der Waals surface area contributed by atoms with E-state index in [1.807, 2.05) is 24.3 Å². The van der Waals surface area contributed by atoms with Gasteiger partial charge in [0.2, 0.25) is 5.91 Å². The summed E-state index contributed by atoms with van der Waals surface area (Å²) in [5.41, 5.74) is 1.64. The highest BCUT2D eigenvalue weighted by Crippen LogP contribution is 2.24. The van der Waals surface area contributed by atoms with E-state index in [4.69, 9.17) is 9.15 Å². The minimum Gasteiger partial charge on any atom is -0.459 e. The fourth-order valence-electron chi connectivity index (χ4n) is 2.46. The monoisotopic (exact) mass is 427 g/mol. The number of fused-ring (bicyclic) bond motifs is 1. The lowest BCUT2D eigenvalue weighted by Gasteiger charge is -2.09. The van der Waals surface area contributed by atoms with Crippen molar-refractivity contribution >= 4 is 50.5 Å². The van der Waals surface area contributed by atoms with Gasteiger partial charge in [-0.25, -0.2) is 4.79 Å². The van der Waals surface area contributed by atoms with Crippen LogP contribution in [0, 0.1) is 0 Å². The van der Waals surface area contributed by atoms with Crippen LogP contribution in [0.25, 0.3) is 17.0 Å². The molecule has 3 aromatic rings. The van der Waals surface area contributed by atoms with E-state index < -0.39 is 5.97 Å². The van der Waals surface area contributed by atoms with Crippen molar-refractivity contribution in [3.8, 4) is 0 Å². The number of amides is 1. The van der Waals surface area contributed by atoms with E-state index in [2.05, 4.69) is 21.2 Å². The molecule has 1 heterocycles. The van der Waals surface area contributed by atoms with Crippen LogP contribution in [-0.2, 0) is 9.53 Å².